The second-order valence-electron chi connectivity index (χ2n) is 5.14. The quantitative estimate of drug-likeness (QED) is 0.636. The van der Waals surface area contributed by atoms with Crippen LogP contribution in [0.1, 0.15) is 31.1 Å². The Morgan fingerprint density at radius 3 is 2.65 bits per heavy atom. The number of methoxy groups -OCH3 is 1. The molecule has 5 heteroatoms. The predicted octanol–water partition coefficient (Wildman–Crippen LogP) is 2.91. The van der Waals surface area contributed by atoms with Gasteiger partial charge in [0.2, 0.25) is 5.88 Å². The number of aliphatic imine (C=N–C) groups is 1. The van der Waals surface area contributed by atoms with Crippen LogP contribution in [0.15, 0.2) is 53.5 Å². The van der Waals surface area contributed by atoms with E-state index in [1.54, 1.807) is 7.11 Å². The molecule has 2 N–H and O–H groups in total. The molecule has 0 aliphatic carbocycles. The van der Waals surface area contributed by atoms with Crippen molar-refractivity contribution in [1.82, 2.24) is 15.6 Å². The summed E-state index contributed by atoms with van der Waals surface area (Å²) in [7, 11) is 1.61. The highest BCUT2D eigenvalue weighted by atomic mass is 16.5. The summed E-state index contributed by atoms with van der Waals surface area (Å²) < 4.78 is 5.14. The Hall–Kier alpha value is -2.56. The summed E-state index contributed by atoms with van der Waals surface area (Å²) in [4.78, 5) is 8.98. The molecule has 0 spiro atoms. The summed E-state index contributed by atoms with van der Waals surface area (Å²) in [6, 6.07) is 16.2. The van der Waals surface area contributed by atoms with E-state index in [1.165, 1.54) is 5.56 Å². The van der Waals surface area contributed by atoms with Crippen LogP contribution in [0.5, 0.6) is 5.88 Å². The second kappa shape index (κ2) is 8.78. The van der Waals surface area contributed by atoms with Gasteiger partial charge in [-0.15, -0.1) is 0 Å². The lowest BCUT2D eigenvalue weighted by Gasteiger charge is -2.18. The van der Waals surface area contributed by atoms with E-state index in [0.717, 1.165) is 18.2 Å². The molecule has 23 heavy (non-hydrogen) atoms. The van der Waals surface area contributed by atoms with Gasteiger partial charge in [-0.2, -0.15) is 0 Å². The van der Waals surface area contributed by atoms with Gasteiger partial charge in [-0.25, -0.2) is 9.98 Å². The number of nitrogens with one attached hydrogen (secondary N) is 2. The van der Waals surface area contributed by atoms with Crippen LogP contribution in [0.2, 0.25) is 0 Å². The standard InChI is InChI=1S/C18H24N4O/c1-4-19-18(21-14(2)15-9-6-5-7-10-15)20-13-16-11-8-12-17(22-16)23-3/h5-12,14H,4,13H2,1-3H3,(H2,19,20,21). The van der Waals surface area contributed by atoms with Crippen LogP contribution in [0.4, 0.5) is 0 Å². The van der Waals surface area contributed by atoms with Crippen molar-refractivity contribution in [1.29, 1.82) is 0 Å². The van der Waals surface area contributed by atoms with Gasteiger partial charge in [0.05, 0.1) is 25.4 Å². The lowest BCUT2D eigenvalue weighted by atomic mass is 10.1. The van der Waals surface area contributed by atoms with Crippen molar-refractivity contribution in [3.05, 3.63) is 59.8 Å². The molecular weight excluding hydrogens is 288 g/mol. The number of rotatable bonds is 6. The maximum absolute atomic E-state index is 5.14. The molecule has 1 atom stereocenters. The van der Waals surface area contributed by atoms with Crippen molar-refractivity contribution in [2.75, 3.05) is 13.7 Å². The molecular formula is C18H24N4O. The summed E-state index contributed by atoms with van der Waals surface area (Å²) in [5.74, 6) is 1.38. The van der Waals surface area contributed by atoms with Gasteiger partial charge in [0.1, 0.15) is 0 Å². The molecule has 0 amide bonds. The van der Waals surface area contributed by atoms with Gasteiger partial charge in [-0.1, -0.05) is 36.4 Å². The van der Waals surface area contributed by atoms with Gasteiger partial charge in [0.15, 0.2) is 5.96 Å². The topological polar surface area (TPSA) is 58.5 Å². The van der Waals surface area contributed by atoms with Crippen molar-refractivity contribution in [3.63, 3.8) is 0 Å². The zero-order valence-electron chi connectivity index (χ0n) is 13.9. The maximum atomic E-state index is 5.14. The molecule has 0 fully saturated rings. The van der Waals surface area contributed by atoms with Crippen LogP contribution in [0.3, 0.4) is 0 Å². The highest BCUT2D eigenvalue weighted by Crippen LogP contribution is 2.11. The number of pyridine rings is 1. The van der Waals surface area contributed by atoms with Crippen molar-refractivity contribution in [2.45, 2.75) is 26.4 Å². The SMILES string of the molecule is CCNC(=NCc1cccc(OC)n1)NC(C)c1ccccc1. The van der Waals surface area contributed by atoms with Gasteiger partial charge in [-0.05, 0) is 25.5 Å². The Labute approximate surface area is 137 Å². The molecule has 2 rings (SSSR count). The smallest absolute Gasteiger partial charge is 0.213 e. The van der Waals surface area contributed by atoms with Gasteiger partial charge >= 0.3 is 0 Å². The highest BCUT2D eigenvalue weighted by molar-refractivity contribution is 5.80. The average molecular weight is 312 g/mol. The van der Waals surface area contributed by atoms with E-state index >= 15 is 0 Å². The highest BCUT2D eigenvalue weighted by Gasteiger charge is 2.07. The first-order chi connectivity index (χ1) is 11.2. The van der Waals surface area contributed by atoms with E-state index in [0.29, 0.717) is 12.4 Å². The summed E-state index contributed by atoms with van der Waals surface area (Å²) >= 11 is 0. The van der Waals surface area contributed by atoms with E-state index in [9.17, 15) is 0 Å². The third-order valence-corrected chi connectivity index (χ3v) is 3.39. The Bertz CT molecular complexity index is 628. The van der Waals surface area contributed by atoms with Crippen molar-refractivity contribution in [3.8, 4) is 5.88 Å². The molecule has 0 saturated heterocycles. The zero-order chi connectivity index (χ0) is 16.5. The molecule has 1 aromatic carbocycles. The van der Waals surface area contributed by atoms with E-state index in [-0.39, 0.29) is 6.04 Å². The van der Waals surface area contributed by atoms with Crippen LogP contribution < -0.4 is 15.4 Å². The number of hydrogen-bond donors (Lipinski definition) is 2. The second-order valence-corrected chi connectivity index (χ2v) is 5.14. The minimum atomic E-state index is 0.173. The van der Waals surface area contributed by atoms with Crippen LogP contribution in [-0.2, 0) is 6.54 Å². The molecule has 2 aromatic rings. The third-order valence-electron chi connectivity index (χ3n) is 3.39. The minimum absolute atomic E-state index is 0.173. The molecule has 0 radical (unpaired) electrons. The van der Waals surface area contributed by atoms with Crippen molar-refractivity contribution in [2.24, 2.45) is 4.99 Å². The molecule has 0 aliphatic heterocycles. The first kappa shape index (κ1) is 16.8. The Balaban J connectivity index is 2.04. The summed E-state index contributed by atoms with van der Waals surface area (Å²) in [5, 5.41) is 6.67. The summed E-state index contributed by atoms with van der Waals surface area (Å²) in [6.45, 7) is 5.47. The largest absolute Gasteiger partial charge is 0.481 e. The average Bonchev–Trinajstić information content (AvgIpc) is 2.60. The molecule has 1 unspecified atom stereocenters. The molecule has 122 valence electrons. The number of guanidine groups is 1. The summed E-state index contributed by atoms with van der Waals surface area (Å²) in [6.07, 6.45) is 0. The third kappa shape index (κ3) is 5.29. The number of benzene rings is 1. The predicted molar refractivity (Wildman–Crippen MR) is 93.6 cm³/mol. The first-order valence-electron chi connectivity index (χ1n) is 7.82. The van der Waals surface area contributed by atoms with E-state index < -0.39 is 0 Å². The molecule has 1 aromatic heterocycles. The van der Waals surface area contributed by atoms with E-state index in [4.69, 9.17) is 4.74 Å². The fourth-order valence-electron chi connectivity index (χ4n) is 2.17. The molecule has 0 saturated carbocycles. The Morgan fingerprint density at radius 2 is 1.96 bits per heavy atom. The monoisotopic (exact) mass is 312 g/mol. The van der Waals surface area contributed by atoms with Gasteiger partial charge in [0, 0.05) is 12.6 Å². The fourth-order valence-corrected chi connectivity index (χ4v) is 2.17. The molecule has 1 heterocycles. The van der Waals surface area contributed by atoms with Crippen molar-refractivity contribution >= 4 is 5.96 Å². The van der Waals surface area contributed by atoms with Gasteiger partial charge < -0.3 is 15.4 Å². The lowest BCUT2D eigenvalue weighted by Crippen LogP contribution is -2.38. The number of ether oxygens (including phenoxy) is 1. The van der Waals surface area contributed by atoms with Gasteiger partial charge in [-0.3, -0.25) is 0 Å². The normalized spacial score (nSPS) is 12.6. The number of hydrogen-bond acceptors (Lipinski definition) is 3. The number of nitrogens with zero attached hydrogens (tertiary/aromatic N) is 2. The van der Waals surface area contributed by atoms with E-state index in [1.807, 2.05) is 43.3 Å². The minimum Gasteiger partial charge on any atom is -0.481 e. The summed E-state index contributed by atoms with van der Waals surface area (Å²) in [5.41, 5.74) is 2.09. The molecule has 5 nitrogen and oxygen atoms in total. The fraction of sp³-hybridized carbons (Fsp3) is 0.333. The Morgan fingerprint density at radius 1 is 1.17 bits per heavy atom. The van der Waals surface area contributed by atoms with Crippen LogP contribution >= 0.6 is 0 Å². The maximum Gasteiger partial charge on any atom is 0.213 e. The number of aromatic nitrogens is 1. The van der Waals surface area contributed by atoms with Crippen LogP contribution in [-0.4, -0.2) is 24.6 Å². The zero-order valence-corrected chi connectivity index (χ0v) is 13.9. The van der Waals surface area contributed by atoms with Crippen LogP contribution in [0.25, 0.3) is 0 Å². The molecule has 0 bridgehead atoms. The molecule has 0 aliphatic rings. The van der Waals surface area contributed by atoms with Crippen molar-refractivity contribution < 1.29 is 4.74 Å². The van der Waals surface area contributed by atoms with Gasteiger partial charge in [0.25, 0.3) is 0 Å². The lowest BCUT2D eigenvalue weighted by molar-refractivity contribution is 0.396. The first-order valence-corrected chi connectivity index (χ1v) is 7.82. The van der Waals surface area contributed by atoms with E-state index in [2.05, 4.69) is 39.7 Å². The van der Waals surface area contributed by atoms with Crippen LogP contribution in [0, 0.1) is 0 Å². The Kier molecular flexibility index (Phi) is 6.41.